The maximum atomic E-state index is 11.4. The van der Waals surface area contributed by atoms with Gasteiger partial charge in [0.1, 0.15) is 0 Å². The van der Waals surface area contributed by atoms with E-state index >= 15 is 0 Å². The van der Waals surface area contributed by atoms with E-state index in [9.17, 15) is 9.59 Å². The van der Waals surface area contributed by atoms with Crippen molar-refractivity contribution in [3.05, 3.63) is 0 Å². The lowest BCUT2D eigenvalue weighted by molar-refractivity contribution is -0.146. The maximum absolute atomic E-state index is 11.4. The van der Waals surface area contributed by atoms with Crippen molar-refractivity contribution < 1.29 is 19.1 Å². The summed E-state index contributed by atoms with van der Waals surface area (Å²) >= 11 is 0. The summed E-state index contributed by atoms with van der Waals surface area (Å²) in [6.45, 7) is 3.35. The predicted octanol–water partition coefficient (Wildman–Crippen LogP) is 3.24. The molecule has 0 aliphatic heterocycles. The van der Waals surface area contributed by atoms with Gasteiger partial charge in [0, 0.05) is 12.8 Å². The van der Waals surface area contributed by atoms with E-state index in [0.29, 0.717) is 12.8 Å². The first kappa shape index (κ1) is 20.1. The Kier molecular flexibility index (Phi) is 11.6. The molecule has 0 N–H and O–H groups in total. The Hall–Kier alpha value is -1.94. The minimum atomic E-state index is -0.454. The Labute approximate surface area is 133 Å². The highest BCUT2D eigenvalue weighted by atomic mass is 16.5. The average molecular weight is 306 g/mol. The first-order valence-corrected chi connectivity index (χ1v) is 7.80. The fourth-order valence-corrected chi connectivity index (χ4v) is 1.83. The molecule has 4 nitrogen and oxygen atoms in total. The zero-order valence-corrected chi connectivity index (χ0v) is 13.6. The fraction of sp³-hybridized carbons (Fsp3) is 0.667. The van der Waals surface area contributed by atoms with Crippen molar-refractivity contribution in [3.8, 4) is 24.7 Å². The SMILES string of the molecule is C#CC(C)OC(=O)CCCCCCCCC(=O)OC(C)C#C. The number of terminal acetylenes is 2. The summed E-state index contributed by atoms with van der Waals surface area (Å²) < 4.78 is 9.94. The fourth-order valence-electron chi connectivity index (χ4n) is 1.83. The van der Waals surface area contributed by atoms with Crippen LogP contribution in [-0.2, 0) is 19.1 Å². The van der Waals surface area contributed by atoms with Crippen LogP contribution in [0.2, 0.25) is 0 Å². The Morgan fingerprint density at radius 2 is 1.09 bits per heavy atom. The summed E-state index contributed by atoms with van der Waals surface area (Å²) in [6.07, 6.45) is 15.8. The first-order valence-electron chi connectivity index (χ1n) is 7.80. The Morgan fingerprint density at radius 1 is 0.773 bits per heavy atom. The molecule has 0 fully saturated rings. The zero-order valence-electron chi connectivity index (χ0n) is 13.6. The molecule has 2 unspecified atom stereocenters. The Balaban J connectivity index is 3.41. The summed E-state index contributed by atoms with van der Waals surface area (Å²) in [6, 6.07) is 0. The van der Waals surface area contributed by atoms with Crippen LogP contribution in [0.3, 0.4) is 0 Å². The van der Waals surface area contributed by atoms with Gasteiger partial charge in [0.05, 0.1) is 0 Å². The molecule has 0 amide bonds. The molecule has 0 aromatic carbocycles. The van der Waals surface area contributed by atoms with Crippen molar-refractivity contribution in [1.29, 1.82) is 0 Å². The van der Waals surface area contributed by atoms with Crippen LogP contribution < -0.4 is 0 Å². The van der Waals surface area contributed by atoms with Gasteiger partial charge in [-0.05, 0) is 26.7 Å². The van der Waals surface area contributed by atoms with Crippen molar-refractivity contribution in [2.45, 2.75) is 77.4 Å². The van der Waals surface area contributed by atoms with Gasteiger partial charge in [-0.2, -0.15) is 0 Å². The number of carbonyl (C=O) groups is 2. The number of rotatable bonds is 11. The molecule has 22 heavy (non-hydrogen) atoms. The smallest absolute Gasteiger partial charge is 0.307 e. The van der Waals surface area contributed by atoms with E-state index in [4.69, 9.17) is 22.3 Å². The molecule has 0 rings (SSSR count). The highest BCUT2D eigenvalue weighted by Crippen LogP contribution is 2.10. The predicted molar refractivity (Wildman–Crippen MR) is 85.7 cm³/mol. The van der Waals surface area contributed by atoms with Crippen molar-refractivity contribution >= 4 is 11.9 Å². The zero-order chi connectivity index (χ0) is 16.8. The molecule has 0 aromatic rings. The van der Waals surface area contributed by atoms with Crippen molar-refractivity contribution in [3.63, 3.8) is 0 Å². The minimum absolute atomic E-state index is 0.240. The molecule has 0 aliphatic rings. The summed E-state index contributed by atoms with van der Waals surface area (Å²) in [4.78, 5) is 22.7. The lowest BCUT2D eigenvalue weighted by Gasteiger charge is -2.07. The van der Waals surface area contributed by atoms with Gasteiger partial charge in [-0.3, -0.25) is 9.59 Å². The minimum Gasteiger partial charge on any atom is -0.449 e. The number of esters is 2. The highest BCUT2D eigenvalue weighted by molar-refractivity contribution is 5.70. The van der Waals surface area contributed by atoms with Crippen LogP contribution in [0.15, 0.2) is 0 Å². The largest absolute Gasteiger partial charge is 0.449 e. The van der Waals surface area contributed by atoms with Gasteiger partial charge >= 0.3 is 11.9 Å². The summed E-state index contributed by atoms with van der Waals surface area (Å²) in [7, 11) is 0. The van der Waals surface area contributed by atoms with Crippen LogP contribution in [0.1, 0.15) is 65.2 Å². The molecule has 0 aromatic heterocycles. The molecular weight excluding hydrogens is 280 g/mol. The van der Waals surface area contributed by atoms with E-state index in [1.165, 1.54) is 0 Å². The van der Waals surface area contributed by atoms with E-state index < -0.39 is 12.2 Å². The lowest BCUT2D eigenvalue weighted by atomic mass is 10.1. The van der Waals surface area contributed by atoms with Crippen LogP contribution in [0, 0.1) is 24.7 Å². The molecule has 0 bridgehead atoms. The van der Waals surface area contributed by atoms with Crippen LogP contribution in [-0.4, -0.2) is 24.1 Å². The van der Waals surface area contributed by atoms with E-state index in [1.807, 2.05) is 0 Å². The molecule has 0 heterocycles. The third-order valence-electron chi connectivity index (χ3n) is 3.10. The van der Waals surface area contributed by atoms with Crippen LogP contribution in [0.5, 0.6) is 0 Å². The molecule has 4 heteroatoms. The number of hydrogen-bond donors (Lipinski definition) is 0. The Bertz CT molecular complexity index is 374. The second kappa shape index (κ2) is 12.8. The van der Waals surface area contributed by atoms with Crippen LogP contribution in [0.4, 0.5) is 0 Å². The second-order valence-electron chi connectivity index (χ2n) is 5.22. The molecule has 0 saturated heterocycles. The quantitative estimate of drug-likeness (QED) is 0.334. The van der Waals surface area contributed by atoms with Gasteiger partial charge in [-0.1, -0.05) is 37.5 Å². The molecule has 0 radical (unpaired) electrons. The van der Waals surface area contributed by atoms with Gasteiger partial charge in [0.2, 0.25) is 0 Å². The summed E-state index contributed by atoms with van der Waals surface area (Å²) in [5.74, 6) is 4.23. The molecule has 2 atom stereocenters. The number of carbonyl (C=O) groups excluding carboxylic acids is 2. The van der Waals surface area contributed by atoms with Gasteiger partial charge < -0.3 is 9.47 Å². The third-order valence-corrected chi connectivity index (χ3v) is 3.10. The third kappa shape index (κ3) is 11.9. The van der Waals surface area contributed by atoms with E-state index in [-0.39, 0.29) is 11.9 Å². The molecule has 0 saturated carbocycles. The van der Waals surface area contributed by atoms with Gasteiger partial charge in [0.15, 0.2) is 12.2 Å². The average Bonchev–Trinajstić information content (AvgIpc) is 2.49. The normalized spacial score (nSPS) is 12.5. The lowest BCUT2D eigenvalue weighted by Crippen LogP contribution is -2.12. The van der Waals surface area contributed by atoms with E-state index in [0.717, 1.165) is 38.5 Å². The topological polar surface area (TPSA) is 52.6 Å². The van der Waals surface area contributed by atoms with E-state index in [2.05, 4.69) is 11.8 Å². The molecule has 0 aliphatic carbocycles. The summed E-state index contributed by atoms with van der Waals surface area (Å²) in [5, 5.41) is 0. The second-order valence-corrected chi connectivity index (χ2v) is 5.22. The highest BCUT2D eigenvalue weighted by Gasteiger charge is 2.07. The maximum Gasteiger partial charge on any atom is 0.307 e. The van der Waals surface area contributed by atoms with Crippen molar-refractivity contribution in [2.24, 2.45) is 0 Å². The van der Waals surface area contributed by atoms with Crippen LogP contribution >= 0.6 is 0 Å². The van der Waals surface area contributed by atoms with Crippen molar-refractivity contribution in [1.82, 2.24) is 0 Å². The molecule has 122 valence electrons. The van der Waals surface area contributed by atoms with E-state index in [1.54, 1.807) is 13.8 Å². The number of hydrogen-bond acceptors (Lipinski definition) is 4. The van der Waals surface area contributed by atoms with Gasteiger partial charge in [0.25, 0.3) is 0 Å². The Morgan fingerprint density at radius 3 is 1.41 bits per heavy atom. The molecular formula is C18H26O4. The summed E-state index contributed by atoms with van der Waals surface area (Å²) in [5.41, 5.74) is 0. The number of ether oxygens (including phenoxy) is 2. The van der Waals surface area contributed by atoms with Crippen molar-refractivity contribution in [2.75, 3.05) is 0 Å². The monoisotopic (exact) mass is 306 g/mol. The molecule has 0 spiro atoms. The standard InChI is InChI=1S/C18H26O4/c1-5-15(3)21-17(19)13-11-9-7-8-10-12-14-18(20)22-16(4)6-2/h1-2,15-16H,7-14H2,3-4H3. The van der Waals surface area contributed by atoms with Gasteiger partial charge in [-0.15, -0.1) is 12.8 Å². The van der Waals surface area contributed by atoms with Crippen LogP contribution in [0.25, 0.3) is 0 Å². The van der Waals surface area contributed by atoms with Gasteiger partial charge in [-0.25, -0.2) is 0 Å². The number of unbranched alkanes of at least 4 members (excludes halogenated alkanes) is 5. The first-order chi connectivity index (χ1) is 10.5.